The third kappa shape index (κ3) is 4.21. The molecule has 0 radical (unpaired) electrons. The Morgan fingerprint density at radius 2 is 1.93 bits per heavy atom. The monoisotopic (exact) mass is 420 g/mol. The molecule has 7 heteroatoms. The molecular weight excluding hydrogens is 396 g/mol. The van der Waals surface area contributed by atoms with Crippen molar-refractivity contribution in [2.24, 2.45) is 10.1 Å². The van der Waals surface area contributed by atoms with Gasteiger partial charge in [0, 0.05) is 16.7 Å². The number of fused-ring (bicyclic) bond motifs is 1. The molecule has 2 heterocycles. The summed E-state index contributed by atoms with van der Waals surface area (Å²) in [5, 5.41) is 9.83. The normalized spacial score (nSPS) is 13.4. The number of hydrogen-bond acceptors (Lipinski definition) is 5. The molecule has 2 aromatic carbocycles. The van der Waals surface area contributed by atoms with E-state index in [9.17, 15) is 4.79 Å². The topological polar surface area (TPSA) is 68.0 Å². The lowest BCUT2D eigenvalue weighted by Crippen LogP contribution is -2.25. The molecule has 0 bridgehead atoms. The fourth-order valence-corrected chi connectivity index (χ4v) is 4.03. The minimum Gasteiger partial charge on any atom is -0.482 e. The number of anilines is 1. The van der Waals surface area contributed by atoms with Gasteiger partial charge in [0.1, 0.15) is 5.75 Å². The number of carbonyl (C=O) groups is 1. The number of nitrogens with zero attached hydrogens (tertiary/aromatic N) is 3. The number of rotatable bonds is 5. The highest BCUT2D eigenvalue weighted by molar-refractivity contribution is 7.07. The number of benzene rings is 2. The standard InChI is InChI=1S/C23H24N4O2S/c1-4-17(5-2)26-27-20(14-30-23(27)24-18-9-6-15(3)7-10-18)16-8-11-21-19(12-16)25-22(28)13-29-21/h6-12,14H,4-5,13H2,1-3H3,(H,25,28). The zero-order valence-electron chi connectivity index (χ0n) is 17.3. The van der Waals surface area contributed by atoms with E-state index < -0.39 is 0 Å². The lowest BCUT2D eigenvalue weighted by Gasteiger charge is -2.18. The van der Waals surface area contributed by atoms with Gasteiger partial charge in [-0.2, -0.15) is 5.10 Å². The highest BCUT2D eigenvalue weighted by atomic mass is 32.1. The van der Waals surface area contributed by atoms with E-state index in [2.05, 4.69) is 38.2 Å². The molecule has 154 valence electrons. The van der Waals surface area contributed by atoms with Crippen molar-refractivity contribution in [3.63, 3.8) is 0 Å². The van der Waals surface area contributed by atoms with Gasteiger partial charge in [0.2, 0.25) is 4.80 Å². The van der Waals surface area contributed by atoms with Crippen LogP contribution in [-0.4, -0.2) is 22.9 Å². The average molecular weight is 421 g/mol. The SMILES string of the molecule is CCC(CC)=Nn1c(-c2ccc3c(c2)NC(=O)CO3)csc1=Nc1ccc(C)cc1. The van der Waals surface area contributed by atoms with Gasteiger partial charge < -0.3 is 10.1 Å². The fourth-order valence-electron chi connectivity index (χ4n) is 3.18. The van der Waals surface area contributed by atoms with Gasteiger partial charge in [-0.05, 0) is 50.1 Å². The van der Waals surface area contributed by atoms with Crippen LogP contribution in [0, 0.1) is 6.92 Å². The van der Waals surface area contributed by atoms with Crippen LogP contribution in [0.3, 0.4) is 0 Å². The maximum atomic E-state index is 11.7. The van der Waals surface area contributed by atoms with Crippen LogP contribution in [0.2, 0.25) is 0 Å². The van der Waals surface area contributed by atoms with Crippen LogP contribution < -0.4 is 14.9 Å². The zero-order chi connectivity index (χ0) is 21.1. The van der Waals surface area contributed by atoms with Crippen LogP contribution in [-0.2, 0) is 4.79 Å². The number of ether oxygens (including phenoxy) is 1. The summed E-state index contributed by atoms with van der Waals surface area (Å²) in [6, 6.07) is 13.9. The summed E-state index contributed by atoms with van der Waals surface area (Å²) in [7, 11) is 0. The van der Waals surface area contributed by atoms with Gasteiger partial charge in [-0.1, -0.05) is 31.5 Å². The summed E-state index contributed by atoms with van der Waals surface area (Å²) in [5.74, 6) is 0.529. The van der Waals surface area contributed by atoms with Crippen molar-refractivity contribution in [3.05, 3.63) is 58.2 Å². The molecular formula is C23H24N4O2S. The Morgan fingerprint density at radius 1 is 1.17 bits per heavy atom. The molecule has 0 saturated carbocycles. The Kier molecular flexibility index (Phi) is 5.81. The number of hydrogen-bond donors (Lipinski definition) is 1. The van der Waals surface area contributed by atoms with Crippen molar-refractivity contribution in [2.75, 3.05) is 11.9 Å². The van der Waals surface area contributed by atoms with E-state index in [1.807, 2.05) is 40.4 Å². The van der Waals surface area contributed by atoms with Crippen molar-refractivity contribution < 1.29 is 9.53 Å². The van der Waals surface area contributed by atoms with Crippen molar-refractivity contribution in [1.29, 1.82) is 0 Å². The molecule has 0 aliphatic carbocycles. The van der Waals surface area contributed by atoms with Crippen LogP contribution in [0.5, 0.6) is 5.75 Å². The third-order valence-corrected chi connectivity index (χ3v) is 5.73. The lowest BCUT2D eigenvalue weighted by atomic mass is 10.1. The molecule has 1 amide bonds. The van der Waals surface area contributed by atoms with Crippen LogP contribution >= 0.6 is 11.3 Å². The molecule has 6 nitrogen and oxygen atoms in total. The van der Waals surface area contributed by atoms with Gasteiger partial charge in [-0.15, -0.1) is 11.3 Å². The molecule has 0 saturated heterocycles. The minimum absolute atomic E-state index is 0.0467. The molecule has 30 heavy (non-hydrogen) atoms. The van der Waals surface area contributed by atoms with Gasteiger partial charge in [-0.25, -0.2) is 9.67 Å². The van der Waals surface area contributed by atoms with Gasteiger partial charge in [0.15, 0.2) is 6.61 Å². The molecule has 1 aromatic heterocycles. The molecule has 1 aliphatic heterocycles. The smallest absolute Gasteiger partial charge is 0.262 e. The van der Waals surface area contributed by atoms with Gasteiger partial charge in [0.05, 0.1) is 17.1 Å². The summed E-state index contributed by atoms with van der Waals surface area (Å²) in [6.07, 6.45) is 1.74. The first-order chi connectivity index (χ1) is 14.6. The van der Waals surface area contributed by atoms with Crippen LogP contribution in [0.15, 0.2) is 57.9 Å². The average Bonchev–Trinajstić information content (AvgIpc) is 3.15. The van der Waals surface area contributed by atoms with Crippen LogP contribution in [0.4, 0.5) is 11.4 Å². The second kappa shape index (κ2) is 8.67. The molecule has 1 N–H and O–H groups in total. The van der Waals surface area contributed by atoms with E-state index in [1.54, 1.807) is 11.3 Å². The number of carbonyl (C=O) groups excluding carboxylic acids is 1. The molecule has 3 aromatic rings. The number of aromatic nitrogens is 1. The Bertz CT molecular complexity index is 1170. The third-order valence-electron chi connectivity index (χ3n) is 4.91. The van der Waals surface area contributed by atoms with Gasteiger partial charge in [0.25, 0.3) is 5.91 Å². The van der Waals surface area contributed by atoms with E-state index in [-0.39, 0.29) is 12.5 Å². The number of amides is 1. The Morgan fingerprint density at radius 3 is 2.67 bits per heavy atom. The largest absolute Gasteiger partial charge is 0.482 e. The maximum Gasteiger partial charge on any atom is 0.262 e. The summed E-state index contributed by atoms with van der Waals surface area (Å²) in [6.45, 7) is 6.32. The predicted molar refractivity (Wildman–Crippen MR) is 122 cm³/mol. The van der Waals surface area contributed by atoms with E-state index >= 15 is 0 Å². The van der Waals surface area contributed by atoms with E-state index in [4.69, 9.17) is 14.8 Å². The highest BCUT2D eigenvalue weighted by Crippen LogP contribution is 2.33. The second-order valence-electron chi connectivity index (χ2n) is 7.08. The summed E-state index contributed by atoms with van der Waals surface area (Å²) in [4.78, 5) is 17.3. The lowest BCUT2D eigenvalue weighted by molar-refractivity contribution is -0.118. The summed E-state index contributed by atoms with van der Waals surface area (Å²) in [5.41, 5.74) is 5.72. The zero-order valence-corrected chi connectivity index (χ0v) is 18.1. The van der Waals surface area contributed by atoms with E-state index in [1.165, 1.54) is 5.56 Å². The van der Waals surface area contributed by atoms with Crippen molar-refractivity contribution >= 4 is 34.3 Å². The van der Waals surface area contributed by atoms with Crippen molar-refractivity contribution in [1.82, 2.24) is 4.68 Å². The van der Waals surface area contributed by atoms with E-state index in [0.717, 1.165) is 40.3 Å². The second-order valence-corrected chi connectivity index (χ2v) is 7.92. The maximum absolute atomic E-state index is 11.7. The van der Waals surface area contributed by atoms with Crippen LogP contribution in [0.25, 0.3) is 11.3 Å². The molecule has 0 atom stereocenters. The summed E-state index contributed by atoms with van der Waals surface area (Å²) >= 11 is 1.54. The number of thiazole rings is 1. The molecule has 0 spiro atoms. The quantitative estimate of drug-likeness (QED) is 0.583. The Balaban J connectivity index is 1.85. The fraction of sp³-hybridized carbons (Fsp3) is 0.261. The Labute approximate surface area is 179 Å². The molecule has 0 unspecified atom stereocenters. The van der Waals surface area contributed by atoms with Gasteiger partial charge in [-0.3, -0.25) is 4.79 Å². The first-order valence-electron chi connectivity index (χ1n) is 10.0. The Hall–Kier alpha value is -3.19. The predicted octanol–water partition coefficient (Wildman–Crippen LogP) is 5.11. The molecule has 0 fully saturated rings. The molecule has 1 aliphatic rings. The van der Waals surface area contributed by atoms with Crippen molar-refractivity contribution in [2.45, 2.75) is 33.6 Å². The van der Waals surface area contributed by atoms with Crippen molar-refractivity contribution in [3.8, 4) is 17.0 Å². The molecule has 4 rings (SSSR count). The summed E-state index contributed by atoms with van der Waals surface area (Å²) < 4.78 is 7.39. The number of aryl methyl sites for hydroxylation is 1. The van der Waals surface area contributed by atoms with Gasteiger partial charge >= 0.3 is 0 Å². The number of nitrogens with one attached hydrogen (secondary N) is 1. The highest BCUT2D eigenvalue weighted by Gasteiger charge is 2.18. The first kappa shape index (κ1) is 20.1. The van der Waals surface area contributed by atoms with E-state index in [0.29, 0.717) is 11.4 Å². The first-order valence-corrected chi connectivity index (χ1v) is 10.9. The van der Waals surface area contributed by atoms with Crippen LogP contribution in [0.1, 0.15) is 32.3 Å². The minimum atomic E-state index is -0.148.